The van der Waals surface area contributed by atoms with Gasteiger partial charge in [-0.25, -0.2) is 0 Å². The molecule has 1 N–H and O–H groups in total. The van der Waals surface area contributed by atoms with E-state index in [0.29, 0.717) is 0 Å². The van der Waals surface area contributed by atoms with Crippen molar-refractivity contribution >= 4 is 0 Å². The van der Waals surface area contributed by atoms with Crippen LogP contribution in [0.4, 0.5) is 0 Å². The minimum absolute atomic E-state index is 0.976. The molecule has 1 nitrogen and oxygen atoms in total. The summed E-state index contributed by atoms with van der Waals surface area (Å²) in [5.74, 6) is 0. The molecular weight excluding hydrogens is 124 g/mol. The van der Waals surface area contributed by atoms with Crippen LogP contribution in [0.25, 0.3) is 0 Å². The molecule has 0 heterocycles. The van der Waals surface area contributed by atoms with Gasteiger partial charge < -0.3 is 5.11 Å². The van der Waals surface area contributed by atoms with Crippen LogP contribution in [0.15, 0.2) is 24.5 Å². The molecule has 0 aliphatic carbocycles. The lowest BCUT2D eigenvalue weighted by Gasteiger charge is -1.95. The van der Waals surface area contributed by atoms with Crippen LogP contribution in [-0.4, -0.2) is 5.11 Å². The van der Waals surface area contributed by atoms with Gasteiger partial charge in [0.2, 0.25) is 0 Å². The number of aliphatic hydroxyl groups is 1. The maximum absolute atomic E-state index is 8.28. The lowest BCUT2D eigenvalue weighted by molar-refractivity contribution is 0.470. The summed E-state index contributed by atoms with van der Waals surface area (Å²) >= 11 is 0. The Morgan fingerprint density at radius 1 is 1.50 bits per heavy atom. The topological polar surface area (TPSA) is 20.2 Å². The molecule has 0 amide bonds. The smallest absolute Gasteiger partial charge is 0.0751 e. The molecule has 0 saturated carbocycles. The minimum atomic E-state index is 0.976. The summed E-state index contributed by atoms with van der Waals surface area (Å²) in [5, 5.41) is 8.28. The molecule has 0 rings (SSSR count). The van der Waals surface area contributed by atoms with E-state index < -0.39 is 0 Å². The highest BCUT2D eigenvalue weighted by Crippen LogP contribution is 2.05. The van der Waals surface area contributed by atoms with Gasteiger partial charge in [-0.15, -0.1) is 6.58 Å². The molecule has 0 aromatic rings. The van der Waals surface area contributed by atoms with E-state index in [-0.39, 0.29) is 0 Å². The Labute approximate surface area is 63.1 Å². The predicted molar refractivity (Wildman–Crippen MR) is 45.1 cm³/mol. The Bertz CT molecular complexity index is 114. The fourth-order valence-corrected chi connectivity index (χ4v) is 0.764. The van der Waals surface area contributed by atoms with Crippen molar-refractivity contribution in [3.63, 3.8) is 0 Å². The molecule has 0 aliphatic heterocycles. The number of rotatable bonds is 5. The molecular formula is C9H16O. The first kappa shape index (κ1) is 9.28. The van der Waals surface area contributed by atoms with Crippen LogP contribution in [0.1, 0.15) is 32.6 Å². The summed E-state index contributed by atoms with van der Waals surface area (Å²) in [7, 11) is 0. The Hall–Kier alpha value is -0.720. The molecule has 0 aliphatic rings. The first-order valence-corrected chi connectivity index (χ1v) is 3.71. The zero-order valence-electron chi connectivity index (χ0n) is 6.64. The van der Waals surface area contributed by atoms with Crippen molar-refractivity contribution < 1.29 is 5.11 Å². The van der Waals surface area contributed by atoms with Crippen molar-refractivity contribution in [3.05, 3.63) is 24.5 Å². The molecule has 10 heavy (non-hydrogen) atoms. The summed E-state index contributed by atoms with van der Waals surface area (Å²) in [6.07, 6.45) is 7.30. The number of hydrogen-bond acceptors (Lipinski definition) is 1. The second-order valence-corrected chi connectivity index (χ2v) is 2.59. The zero-order valence-corrected chi connectivity index (χ0v) is 6.64. The van der Waals surface area contributed by atoms with Crippen molar-refractivity contribution in [2.75, 3.05) is 0 Å². The van der Waals surface area contributed by atoms with Gasteiger partial charge in [-0.05, 0) is 32.6 Å². The molecule has 0 atom stereocenters. The van der Waals surface area contributed by atoms with Crippen LogP contribution >= 0.6 is 0 Å². The summed E-state index contributed by atoms with van der Waals surface area (Å²) < 4.78 is 0. The fraction of sp³-hybridized carbons (Fsp3) is 0.556. The van der Waals surface area contributed by atoms with E-state index in [2.05, 4.69) is 6.58 Å². The van der Waals surface area contributed by atoms with Gasteiger partial charge in [0.1, 0.15) is 0 Å². The van der Waals surface area contributed by atoms with Crippen LogP contribution in [-0.2, 0) is 0 Å². The third-order valence-electron chi connectivity index (χ3n) is 1.33. The van der Waals surface area contributed by atoms with Crippen molar-refractivity contribution in [1.82, 2.24) is 0 Å². The Kier molecular flexibility index (Phi) is 5.94. The van der Waals surface area contributed by atoms with Gasteiger partial charge in [-0.1, -0.05) is 11.6 Å². The SMILES string of the molecule is C=C(C)CCCCC=CO. The van der Waals surface area contributed by atoms with E-state index in [1.54, 1.807) is 6.08 Å². The molecule has 58 valence electrons. The van der Waals surface area contributed by atoms with Crippen molar-refractivity contribution in [1.29, 1.82) is 0 Å². The van der Waals surface area contributed by atoms with Gasteiger partial charge in [-0.2, -0.15) is 0 Å². The third-order valence-corrected chi connectivity index (χ3v) is 1.33. The van der Waals surface area contributed by atoms with Gasteiger partial charge in [0.15, 0.2) is 0 Å². The number of aliphatic hydroxyl groups excluding tert-OH is 1. The largest absolute Gasteiger partial charge is 0.516 e. The number of allylic oxidation sites excluding steroid dienone is 2. The Morgan fingerprint density at radius 2 is 2.20 bits per heavy atom. The van der Waals surface area contributed by atoms with E-state index >= 15 is 0 Å². The number of unbranched alkanes of at least 4 members (excludes halogenated alkanes) is 2. The molecule has 0 spiro atoms. The molecule has 0 aromatic carbocycles. The van der Waals surface area contributed by atoms with Crippen molar-refractivity contribution in [2.45, 2.75) is 32.6 Å². The Morgan fingerprint density at radius 3 is 2.70 bits per heavy atom. The fourth-order valence-electron chi connectivity index (χ4n) is 0.764. The normalized spacial score (nSPS) is 10.5. The van der Waals surface area contributed by atoms with Crippen LogP contribution in [0, 0.1) is 0 Å². The standard InChI is InChI=1S/C9H16O/c1-9(2)7-5-3-4-6-8-10/h6,8,10H,1,3-5,7H2,2H3. The molecule has 0 aromatic heterocycles. The maximum Gasteiger partial charge on any atom is 0.0751 e. The van der Waals surface area contributed by atoms with E-state index in [0.717, 1.165) is 25.5 Å². The van der Waals surface area contributed by atoms with Gasteiger partial charge in [0.25, 0.3) is 0 Å². The predicted octanol–water partition coefficient (Wildman–Crippen LogP) is 3.19. The van der Waals surface area contributed by atoms with Gasteiger partial charge in [0.05, 0.1) is 6.26 Å². The van der Waals surface area contributed by atoms with Gasteiger partial charge in [-0.3, -0.25) is 0 Å². The highest BCUT2D eigenvalue weighted by Gasteiger charge is 1.86. The first-order valence-electron chi connectivity index (χ1n) is 3.71. The second kappa shape index (κ2) is 6.40. The van der Waals surface area contributed by atoms with E-state index in [1.165, 1.54) is 12.0 Å². The van der Waals surface area contributed by atoms with Gasteiger partial charge >= 0.3 is 0 Å². The third kappa shape index (κ3) is 7.28. The van der Waals surface area contributed by atoms with E-state index in [9.17, 15) is 0 Å². The lowest BCUT2D eigenvalue weighted by atomic mass is 10.1. The quantitative estimate of drug-likeness (QED) is 0.353. The maximum atomic E-state index is 8.28. The van der Waals surface area contributed by atoms with Crippen LogP contribution in [0.5, 0.6) is 0 Å². The summed E-state index contributed by atoms with van der Waals surface area (Å²) in [6, 6.07) is 0. The van der Waals surface area contributed by atoms with E-state index in [1.807, 2.05) is 6.92 Å². The summed E-state index contributed by atoms with van der Waals surface area (Å²) in [6.45, 7) is 5.85. The first-order chi connectivity index (χ1) is 4.77. The highest BCUT2D eigenvalue weighted by atomic mass is 16.2. The molecule has 0 bridgehead atoms. The Balaban J connectivity index is 2.98. The summed E-state index contributed by atoms with van der Waals surface area (Å²) in [5.41, 5.74) is 1.24. The van der Waals surface area contributed by atoms with Gasteiger partial charge in [0, 0.05) is 0 Å². The summed E-state index contributed by atoms with van der Waals surface area (Å²) in [4.78, 5) is 0. The monoisotopic (exact) mass is 140 g/mol. The second-order valence-electron chi connectivity index (χ2n) is 2.59. The van der Waals surface area contributed by atoms with Crippen LogP contribution in [0.2, 0.25) is 0 Å². The number of hydrogen-bond donors (Lipinski definition) is 1. The molecule has 0 saturated heterocycles. The average molecular weight is 140 g/mol. The van der Waals surface area contributed by atoms with Crippen LogP contribution in [0.3, 0.4) is 0 Å². The zero-order chi connectivity index (χ0) is 7.82. The van der Waals surface area contributed by atoms with Crippen molar-refractivity contribution in [3.8, 4) is 0 Å². The molecule has 0 fully saturated rings. The van der Waals surface area contributed by atoms with Crippen molar-refractivity contribution in [2.24, 2.45) is 0 Å². The average Bonchev–Trinajstić information content (AvgIpc) is 1.87. The highest BCUT2D eigenvalue weighted by molar-refractivity contribution is 4.87. The minimum Gasteiger partial charge on any atom is -0.516 e. The van der Waals surface area contributed by atoms with Crippen LogP contribution < -0.4 is 0 Å². The van der Waals surface area contributed by atoms with E-state index in [4.69, 9.17) is 5.11 Å². The molecule has 0 unspecified atom stereocenters. The molecule has 1 heteroatoms. The lowest BCUT2D eigenvalue weighted by Crippen LogP contribution is -1.76. The molecule has 0 radical (unpaired) electrons.